The second kappa shape index (κ2) is 6.60. The average Bonchev–Trinajstić information content (AvgIpc) is 2.77. The highest BCUT2D eigenvalue weighted by molar-refractivity contribution is 6.32. The van der Waals surface area contributed by atoms with Crippen LogP contribution in [0.25, 0.3) is 0 Å². The van der Waals surface area contributed by atoms with Gasteiger partial charge in [0.15, 0.2) is 0 Å². The lowest BCUT2D eigenvalue weighted by atomic mass is 9.93. The SMILES string of the molecule is CCNCC1CCN(C)C1c1ccc(OC)c(Cl)c1. The van der Waals surface area contributed by atoms with E-state index in [9.17, 15) is 0 Å². The van der Waals surface area contributed by atoms with Crippen molar-refractivity contribution in [3.8, 4) is 5.75 Å². The standard InChI is InChI=1S/C15H23ClN2O/c1-4-17-10-12-7-8-18(2)15(12)11-5-6-14(19-3)13(16)9-11/h5-6,9,12,15,17H,4,7-8,10H2,1-3H3. The second-order valence-electron chi connectivity index (χ2n) is 5.18. The van der Waals surface area contributed by atoms with E-state index in [2.05, 4.69) is 30.3 Å². The maximum absolute atomic E-state index is 6.25. The van der Waals surface area contributed by atoms with Crippen molar-refractivity contribution in [2.75, 3.05) is 33.8 Å². The Morgan fingerprint density at radius 2 is 2.26 bits per heavy atom. The van der Waals surface area contributed by atoms with Crippen molar-refractivity contribution in [1.82, 2.24) is 10.2 Å². The maximum Gasteiger partial charge on any atom is 0.137 e. The van der Waals surface area contributed by atoms with Crippen molar-refractivity contribution in [3.05, 3.63) is 28.8 Å². The Morgan fingerprint density at radius 3 is 2.89 bits per heavy atom. The molecule has 0 aliphatic carbocycles. The minimum absolute atomic E-state index is 0.447. The predicted molar refractivity (Wildman–Crippen MR) is 80.0 cm³/mol. The van der Waals surface area contributed by atoms with E-state index < -0.39 is 0 Å². The molecule has 2 atom stereocenters. The zero-order valence-corrected chi connectivity index (χ0v) is 12.7. The summed E-state index contributed by atoms with van der Waals surface area (Å²) in [6.45, 7) is 5.38. The first-order chi connectivity index (χ1) is 9.17. The summed E-state index contributed by atoms with van der Waals surface area (Å²) in [5, 5.41) is 4.16. The summed E-state index contributed by atoms with van der Waals surface area (Å²) < 4.78 is 5.22. The molecule has 0 aromatic heterocycles. The first kappa shape index (κ1) is 14.6. The fraction of sp³-hybridized carbons (Fsp3) is 0.600. The molecule has 1 aromatic carbocycles. The summed E-state index contributed by atoms with van der Waals surface area (Å²) in [5.41, 5.74) is 1.29. The maximum atomic E-state index is 6.25. The highest BCUT2D eigenvalue weighted by atomic mass is 35.5. The zero-order valence-electron chi connectivity index (χ0n) is 11.9. The van der Waals surface area contributed by atoms with Crippen molar-refractivity contribution in [3.63, 3.8) is 0 Å². The topological polar surface area (TPSA) is 24.5 Å². The van der Waals surface area contributed by atoms with Gasteiger partial charge in [0, 0.05) is 6.04 Å². The Balaban J connectivity index is 2.19. The fourth-order valence-corrected chi connectivity index (χ4v) is 3.23. The first-order valence-corrected chi connectivity index (χ1v) is 7.29. The Kier molecular flexibility index (Phi) is 5.08. The fourth-order valence-electron chi connectivity index (χ4n) is 2.96. The van der Waals surface area contributed by atoms with E-state index in [1.807, 2.05) is 12.1 Å². The summed E-state index contributed by atoms with van der Waals surface area (Å²) in [7, 11) is 3.84. The molecule has 1 aliphatic rings. The van der Waals surface area contributed by atoms with Crippen molar-refractivity contribution in [2.45, 2.75) is 19.4 Å². The van der Waals surface area contributed by atoms with Crippen LogP contribution >= 0.6 is 11.6 Å². The molecule has 1 aliphatic heterocycles. The summed E-state index contributed by atoms with van der Waals surface area (Å²) in [6, 6.07) is 6.60. The number of hydrogen-bond acceptors (Lipinski definition) is 3. The van der Waals surface area contributed by atoms with Gasteiger partial charge in [-0.2, -0.15) is 0 Å². The van der Waals surface area contributed by atoms with Crippen LogP contribution in [0, 0.1) is 5.92 Å². The van der Waals surface area contributed by atoms with Crippen LogP contribution in [0.15, 0.2) is 18.2 Å². The van der Waals surface area contributed by atoms with E-state index in [4.69, 9.17) is 16.3 Å². The normalized spacial score (nSPS) is 23.8. The van der Waals surface area contributed by atoms with Gasteiger partial charge in [0.1, 0.15) is 5.75 Å². The third-order valence-electron chi connectivity index (χ3n) is 3.95. The number of benzene rings is 1. The Hall–Kier alpha value is -0.770. The van der Waals surface area contributed by atoms with Crippen LogP contribution in [0.1, 0.15) is 24.9 Å². The van der Waals surface area contributed by atoms with Crippen LogP contribution in [0.2, 0.25) is 5.02 Å². The number of rotatable bonds is 5. The molecular formula is C15H23ClN2O. The van der Waals surface area contributed by atoms with Crippen LogP contribution in [0.4, 0.5) is 0 Å². The van der Waals surface area contributed by atoms with Crippen LogP contribution in [-0.4, -0.2) is 38.7 Å². The van der Waals surface area contributed by atoms with Crippen molar-refractivity contribution in [1.29, 1.82) is 0 Å². The zero-order chi connectivity index (χ0) is 13.8. The minimum atomic E-state index is 0.447. The molecule has 0 spiro atoms. The highest BCUT2D eigenvalue weighted by Crippen LogP contribution is 2.38. The van der Waals surface area contributed by atoms with Gasteiger partial charge in [-0.1, -0.05) is 24.6 Å². The molecule has 2 unspecified atom stereocenters. The summed E-state index contributed by atoms with van der Waals surface area (Å²) in [6.07, 6.45) is 1.23. The molecule has 1 heterocycles. The summed E-state index contributed by atoms with van der Waals surface area (Å²) in [4.78, 5) is 2.42. The van der Waals surface area contributed by atoms with E-state index in [0.29, 0.717) is 17.0 Å². The van der Waals surface area contributed by atoms with Gasteiger partial charge < -0.3 is 10.1 Å². The van der Waals surface area contributed by atoms with E-state index in [-0.39, 0.29) is 0 Å². The van der Waals surface area contributed by atoms with Gasteiger partial charge in [0.2, 0.25) is 0 Å². The van der Waals surface area contributed by atoms with E-state index in [1.54, 1.807) is 7.11 Å². The molecule has 106 valence electrons. The number of ether oxygens (including phenoxy) is 1. The molecule has 3 nitrogen and oxygen atoms in total. The minimum Gasteiger partial charge on any atom is -0.495 e. The molecule has 2 rings (SSSR count). The molecule has 0 bridgehead atoms. The molecule has 0 saturated carbocycles. The molecular weight excluding hydrogens is 260 g/mol. The van der Waals surface area contributed by atoms with Crippen LogP contribution < -0.4 is 10.1 Å². The second-order valence-corrected chi connectivity index (χ2v) is 5.58. The third-order valence-corrected chi connectivity index (χ3v) is 4.24. The Morgan fingerprint density at radius 1 is 1.47 bits per heavy atom. The third kappa shape index (κ3) is 3.22. The molecule has 1 fully saturated rings. The van der Waals surface area contributed by atoms with Gasteiger partial charge >= 0.3 is 0 Å². The molecule has 1 N–H and O–H groups in total. The van der Waals surface area contributed by atoms with Gasteiger partial charge in [-0.3, -0.25) is 4.90 Å². The van der Waals surface area contributed by atoms with Gasteiger partial charge in [0.05, 0.1) is 12.1 Å². The molecule has 0 amide bonds. The molecule has 4 heteroatoms. The first-order valence-electron chi connectivity index (χ1n) is 6.91. The molecule has 1 saturated heterocycles. The van der Waals surface area contributed by atoms with Crippen molar-refractivity contribution >= 4 is 11.6 Å². The Labute approximate surface area is 120 Å². The van der Waals surface area contributed by atoms with Crippen LogP contribution in [0.5, 0.6) is 5.75 Å². The largest absolute Gasteiger partial charge is 0.495 e. The van der Waals surface area contributed by atoms with E-state index in [1.165, 1.54) is 12.0 Å². The monoisotopic (exact) mass is 282 g/mol. The van der Waals surface area contributed by atoms with Gasteiger partial charge in [-0.15, -0.1) is 0 Å². The van der Waals surface area contributed by atoms with Crippen molar-refractivity contribution in [2.24, 2.45) is 5.92 Å². The number of likely N-dealkylation sites (tertiary alicyclic amines) is 1. The molecule has 19 heavy (non-hydrogen) atoms. The number of nitrogens with one attached hydrogen (secondary N) is 1. The van der Waals surface area contributed by atoms with Gasteiger partial charge in [-0.05, 0) is 56.7 Å². The number of methoxy groups -OCH3 is 1. The summed E-state index contributed by atoms with van der Waals surface area (Å²) in [5.74, 6) is 1.39. The molecule has 1 aromatic rings. The van der Waals surface area contributed by atoms with Gasteiger partial charge in [-0.25, -0.2) is 0 Å². The predicted octanol–water partition coefficient (Wildman–Crippen LogP) is 2.95. The number of halogens is 1. The molecule has 0 radical (unpaired) electrons. The average molecular weight is 283 g/mol. The Bertz CT molecular complexity index is 425. The van der Waals surface area contributed by atoms with E-state index in [0.717, 1.165) is 25.4 Å². The quantitative estimate of drug-likeness (QED) is 0.899. The smallest absolute Gasteiger partial charge is 0.137 e. The van der Waals surface area contributed by atoms with Crippen molar-refractivity contribution < 1.29 is 4.74 Å². The number of hydrogen-bond donors (Lipinski definition) is 1. The summed E-state index contributed by atoms with van der Waals surface area (Å²) >= 11 is 6.25. The number of nitrogens with zero attached hydrogens (tertiary/aromatic N) is 1. The van der Waals surface area contributed by atoms with Crippen LogP contribution in [0.3, 0.4) is 0 Å². The van der Waals surface area contributed by atoms with Gasteiger partial charge in [0.25, 0.3) is 0 Å². The highest BCUT2D eigenvalue weighted by Gasteiger charge is 2.32. The van der Waals surface area contributed by atoms with Crippen LogP contribution in [-0.2, 0) is 0 Å². The lowest BCUT2D eigenvalue weighted by Crippen LogP contribution is -2.28. The lowest BCUT2D eigenvalue weighted by Gasteiger charge is -2.26. The van der Waals surface area contributed by atoms with E-state index >= 15 is 0 Å². The lowest BCUT2D eigenvalue weighted by molar-refractivity contribution is 0.272.